The molecule has 0 aromatic heterocycles. The van der Waals surface area contributed by atoms with Gasteiger partial charge in [-0.1, -0.05) is 0 Å². The number of hydrogen-bond donors (Lipinski definition) is 0. The molecule has 7 nitrogen and oxygen atoms in total. The van der Waals surface area contributed by atoms with E-state index in [0.717, 1.165) is 0 Å². The molecule has 0 fully saturated rings. The maximum atomic E-state index is 0. The molecule has 0 atom stereocenters. The van der Waals surface area contributed by atoms with E-state index in [0.29, 0.717) is 0 Å². The average Bonchev–Trinajstić information content (AvgIpc) is 0. The molecule has 0 amide bonds. The molecule has 0 saturated heterocycles. The summed E-state index contributed by atoms with van der Waals surface area (Å²) in [5, 5.41) is 0. The molecule has 0 aliphatic rings. The molecule has 0 aromatic rings. The molecule has 0 aliphatic carbocycles. The maximum absolute atomic E-state index is 0. The zero-order chi connectivity index (χ0) is 0. The van der Waals surface area contributed by atoms with Gasteiger partial charge < -0.3 is 38.3 Å². The van der Waals surface area contributed by atoms with Crippen LogP contribution in [-0.2, 0) is 83.1 Å². The summed E-state index contributed by atoms with van der Waals surface area (Å²) >= 11 is 0. The van der Waals surface area contributed by atoms with Crippen molar-refractivity contribution < 1.29 is 83.1 Å². The summed E-state index contributed by atoms with van der Waals surface area (Å²) in [5.41, 5.74) is 0. The van der Waals surface area contributed by atoms with Crippen LogP contribution in [0.1, 0.15) is 0 Å². The molecule has 11 heteroatoms. The van der Waals surface area contributed by atoms with Crippen LogP contribution in [0.2, 0.25) is 0 Å². The Hall–Kier alpha value is 4.16. The van der Waals surface area contributed by atoms with E-state index in [-0.39, 0.29) is 174 Å². The van der Waals surface area contributed by atoms with Gasteiger partial charge in [0.15, 0.2) is 0 Å². The first kappa shape index (κ1) is 176. The first-order valence-electron chi connectivity index (χ1n) is 0. The zero-order valence-corrected chi connectivity index (χ0v) is 16.5. The molecule has 0 radical (unpaired) electrons. The fraction of sp³-hybridized carbons (Fsp3) is 0. The largest absolute Gasteiger partial charge is 5.00 e. The van der Waals surface area contributed by atoms with E-state index in [1.807, 2.05) is 0 Å². The van der Waals surface area contributed by atoms with Crippen LogP contribution in [0.4, 0.5) is 0 Å². The summed E-state index contributed by atoms with van der Waals surface area (Å²) < 4.78 is 0. The first-order chi connectivity index (χ1) is 0. The molecule has 0 N–H and O–H groups in total. The molecule has 0 bridgehead atoms. The Balaban J connectivity index is 0. The van der Waals surface area contributed by atoms with Crippen LogP contribution >= 0.6 is 0 Å². The second kappa shape index (κ2) is 142. The molecule has 0 heterocycles. The third-order valence-electron chi connectivity index (χ3n) is 0. The van der Waals surface area contributed by atoms with E-state index in [2.05, 4.69) is 0 Å². The summed E-state index contributed by atoms with van der Waals surface area (Å²) in [7, 11) is 0. The van der Waals surface area contributed by atoms with Crippen LogP contribution in [0.5, 0.6) is 0 Å². The predicted molar refractivity (Wildman–Crippen MR) is 16.3 cm³/mol. The van der Waals surface area contributed by atoms with Crippen LogP contribution in [0.15, 0.2) is 0 Å². The normalized spacial score (nSPS) is 0. The van der Waals surface area contributed by atoms with Gasteiger partial charge in [0.05, 0.1) is 0 Å². The summed E-state index contributed by atoms with van der Waals surface area (Å²) in [5.74, 6) is 0. The Bertz CT molecular complexity index is 14.4. The average molecular weight is 473 g/mol. The molecule has 0 rings (SSSR count). The van der Waals surface area contributed by atoms with Crippen molar-refractivity contribution in [3.05, 3.63) is 0 Å². The van der Waals surface area contributed by atoms with Crippen LogP contribution in [0.3, 0.4) is 0 Å². The monoisotopic (exact) mass is 474 g/mol. The summed E-state index contributed by atoms with van der Waals surface area (Å²) in [6, 6.07) is 0. The fourth-order valence-electron chi connectivity index (χ4n) is 0. The molecule has 56 valence electrons. The molecule has 0 aromatic carbocycles. The van der Waals surface area contributed by atoms with Crippen molar-refractivity contribution in [2.75, 3.05) is 0 Å². The van der Waals surface area contributed by atoms with Crippen molar-refractivity contribution in [2.45, 2.75) is 0 Å². The fourth-order valence-corrected chi connectivity index (χ4v) is 0. The Kier molecular flexibility index (Phi) is 2260. The summed E-state index contributed by atoms with van der Waals surface area (Å²) in [4.78, 5) is 0. The second-order valence-corrected chi connectivity index (χ2v) is 0. The van der Waals surface area contributed by atoms with Gasteiger partial charge in [0, 0.05) is 0 Å². The standard InChI is InChI=1S/2Nb.7O.2Sr/q2*+5;7*-2;2*+2. The SMILES string of the molecule is [Nb+5].[Nb+5].[O-2].[O-2].[O-2].[O-2].[O-2].[O-2].[O-2].[Sr+2].[Sr+2]. The van der Waals surface area contributed by atoms with Gasteiger partial charge >= 0.3 is 136 Å². The molecular weight excluding hydrogens is 473 g/mol. The van der Waals surface area contributed by atoms with Gasteiger partial charge in [-0.2, -0.15) is 0 Å². The van der Waals surface area contributed by atoms with Crippen LogP contribution in [0, 0.1) is 0 Å². The Morgan fingerprint density at radius 2 is 0.273 bits per heavy atom. The van der Waals surface area contributed by atoms with Crippen LogP contribution in [0.25, 0.3) is 0 Å². The van der Waals surface area contributed by atoms with Gasteiger partial charge in [-0.25, -0.2) is 0 Å². The molecule has 0 spiro atoms. The van der Waals surface area contributed by atoms with Gasteiger partial charge in [-0.15, -0.1) is 0 Å². The van der Waals surface area contributed by atoms with Crippen molar-refractivity contribution in [3.63, 3.8) is 0 Å². The minimum atomic E-state index is 0. The van der Waals surface area contributed by atoms with Crippen molar-refractivity contribution in [2.24, 2.45) is 0 Å². The smallest absolute Gasteiger partial charge is 2.00 e. The van der Waals surface area contributed by atoms with Crippen molar-refractivity contribution >= 4 is 91.0 Å². The van der Waals surface area contributed by atoms with E-state index in [4.69, 9.17) is 0 Å². The van der Waals surface area contributed by atoms with E-state index >= 15 is 0 Å². The molecule has 0 unspecified atom stereocenters. The molecule has 11 heavy (non-hydrogen) atoms. The van der Waals surface area contributed by atoms with Crippen molar-refractivity contribution in [3.8, 4) is 0 Å². The van der Waals surface area contributed by atoms with Crippen LogP contribution < -0.4 is 0 Å². The molecular formula is Nb2O7Sr2. The number of hydrogen-bond acceptors (Lipinski definition) is 0. The maximum Gasteiger partial charge on any atom is 5.00 e. The van der Waals surface area contributed by atoms with Crippen molar-refractivity contribution in [1.29, 1.82) is 0 Å². The third-order valence-corrected chi connectivity index (χ3v) is 0. The molecule has 0 saturated carbocycles. The number of rotatable bonds is 0. The zero-order valence-electron chi connectivity index (χ0n) is 5.17. The van der Waals surface area contributed by atoms with Crippen molar-refractivity contribution in [1.82, 2.24) is 0 Å². The van der Waals surface area contributed by atoms with E-state index < -0.39 is 0 Å². The van der Waals surface area contributed by atoms with Crippen LogP contribution in [-0.4, -0.2) is 91.0 Å². The van der Waals surface area contributed by atoms with E-state index in [1.165, 1.54) is 0 Å². The minimum Gasteiger partial charge on any atom is -2.00 e. The third kappa shape index (κ3) is 121. The van der Waals surface area contributed by atoms with Gasteiger partial charge in [0.2, 0.25) is 0 Å². The van der Waals surface area contributed by atoms with E-state index in [1.54, 1.807) is 0 Å². The predicted octanol–water partition coefficient (Wildman–Crippen LogP) is -1.60. The minimum absolute atomic E-state index is 0. The Labute approximate surface area is 170 Å². The summed E-state index contributed by atoms with van der Waals surface area (Å²) in [6.07, 6.45) is 0. The topological polar surface area (TPSA) is 200 Å². The summed E-state index contributed by atoms with van der Waals surface area (Å²) in [6.45, 7) is 0. The van der Waals surface area contributed by atoms with Gasteiger partial charge in [0.25, 0.3) is 0 Å². The molecule has 0 aliphatic heterocycles. The van der Waals surface area contributed by atoms with E-state index in [9.17, 15) is 0 Å². The Morgan fingerprint density at radius 1 is 0.273 bits per heavy atom. The second-order valence-electron chi connectivity index (χ2n) is 0. The van der Waals surface area contributed by atoms with Gasteiger partial charge in [0.1, 0.15) is 0 Å². The van der Waals surface area contributed by atoms with Gasteiger partial charge in [-0.3, -0.25) is 0 Å². The van der Waals surface area contributed by atoms with Gasteiger partial charge in [-0.05, 0) is 0 Å². The first-order valence-corrected chi connectivity index (χ1v) is 0. The Morgan fingerprint density at radius 3 is 0.273 bits per heavy atom. The quantitative estimate of drug-likeness (QED) is 0.366.